The molecule has 2 N–H and O–H groups in total. The maximum atomic E-state index is 11.2. The van der Waals surface area contributed by atoms with Gasteiger partial charge in [0.05, 0.1) is 5.25 Å². The Morgan fingerprint density at radius 2 is 1.92 bits per heavy atom. The van der Waals surface area contributed by atoms with Crippen LogP contribution in [0.4, 0.5) is 0 Å². The van der Waals surface area contributed by atoms with Crippen LogP contribution in [0.2, 0.25) is 5.82 Å². The summed E-state index contributed by atoms with van der Waals surface area (Å²) in [5.74, 6) is -0.270. The van der Waals surface area contributed by atoms with Crippen LogP contribution < -0.4 is 0 Å². The maximum Gasteiger partial charge on any atom is 0.454 e. The average Bonchev–Trinajstić information content (AvgIpc) is 2.03. The van der Waals surface area contributed by atoms with E-state index in [0.717, 1.165) is 6.42 Å². The first-order valence-electron chi connectivity index (χ1n) is 4.46. The van der Waals surface area contributed by atoms with E-state index in [1.54, 1.807) is 0 Å². The predicted molar refractivity (Wildman–Crippen MR) is 51.0 cm³/mol. The van der Waals surface area contributed by atoms with Gasteiger partial charge in [0.25, 0.3) is 0 Å². The van der Waals surface area contributed by atoms with Crippen molar-refractivity contribution in [3.05, 3.63) is 0 Å². The summed E-state index contributed by atoms with van der Waals surface area (Å²) in [6, 6.07) is 0. The van der Waals surface area contributed by atoms with Crippen molar-refractivity contribution in [2.75, 3.05) is 6.26 Å². The second-order valence-corrected chi connectivity index (χ2v) is 6.12. The first kappa shape index (κ1) is 11.0. The Balaban J connectivity index is 2.62. The molecule has 1 fully saturated rings. The van der Waals surface area contributed by atoms with Gasteiger partial charge in [-0.3, -0.25) is 0 Å². The van der Waals surface area contributed by atoms with Gasteiger partial charge in [-0.05, 0) is 18.7 Å². The Morgan fingerprint density at radius 3 is 2.38 bits per heavy atom. The van der Waals surface area contributed by atoms with Crippen LogP contribution in [-0.2, 0) is 9.84 Å². The van der Waals surface area contributed by atoms with Crippen molar-refractivity contribution in [2.24, 2.45) is 0 Å². The lowest BCUT2D eigenvalue weighted by Crippen LogP contribution is -2.32. The molecule has 1 saturated carbocycles. The molecule has 0 bridgehead atoms. The van der Waals surface area contributed by atoms with Crippen LogP contribution in [0.1, 0.15) is 25.7 Å². The van der Waals surface area contributed by atoms with E-state index in [1.165, 1.54) is 6.26 Å². The molecule has 0 amide bonds. The number of hydrogen-bond acceptors (Lipinski definition) is 4. The van der Waals surface area contributed by atoms with Crippen molar-refractivity contribution in [3.8, 4) is 0 Å². The number of rotatable bonds is 2. The molecule has 1 aliphatic carbocycles. The largest absolute Gasteiger partial charge is 0.454 e. The van der Waals surface area contributed by atoms with Gasteiger partial charge in [0.15, 0.2) is 0 Å². The summed E-state index contributed by atoms with van der Waals surface area (Å²) in [6.45, 7) is 0. The van der Waals surface area contributed by atoms with E-state index in [0.29, 0.717) is 19.3 Å². The number of sulfone groups is 1. The van der Waals surface area contributed by atoms with E-state index in [1.807, 2.05) is 0 Å². The van der Waals surface area contributed by atoms with Gasteiger partial charge < -0.3 is 10.0 Å². The molecular weight excluding hydrogens is 191 g/mol. The summed E-state index contributed by atoms with van der Waals surface area (Å²) in [6.07, 6.45) is 3.73. The Hall–Kier alpha value is -0.0651. The third-order valence-electron chi connectivity index (χ3n) is 2.69. The van der Waals surface area contributed by atoms with Crippen molar-refractivity contribution in [1.82, 2.24) is 0 Å². The van der Waals surface area contributed by atoms with Gasteiger partial charge in [0.1, 0.15) is 9.84 Å². The Bertz CT molecular complexity index is 262. The molecule has 2 unspecified atom stereocenters. The van der Waals surface area contributed by atoms with E-state index in [2.05, 4.69) is 0 Å². The van der Waals surface area contributed by atoms with Crippen LogP contribution in [0.25, 0.3) is 0 Å². The molecule has 0 spiro atoms. The number of hydrogen-bond donors (Lipinski definition) is 2. The predicted octanol–water partition coefficient (Wildman–Crippen LogP) is -0.183. The third kappa shape index (κ3) is 2.96. The molecule has 76 valence electrons. The molecule has 0 aromatic rings. The van der Waals surface area contributed by atoms with Crippen molar-refractivity contribution in [3.63, 3.8) is 0 Å². The zero-order valence-corrected chi connectivity index (χ0v) is 8.50. The van der Waals surface area contributed by atoms with Gasteiger partial charge in [0.2, 0.25) is 0 Å². The maximum absolute atomic E-state index is 11.2. The summed E-state index contributed by atoms with van der Waals surface area (Å²) in [5.41, 5.74) is 0. The Kier molecular flexibility index (Phi) is 3.37. The Morgan fingerprint density at radius 1 is 1.31 bits per heavy atom. The zero-order valence-electron chi connectivity index (χ0n) is 7.68. The average molecular weight is 206 g/mol. The van der Waals surface area contributed by atoms with Crippen LogP contribution in [0.5, 0.6) is 0 Å². The van der Waals surface area contributed by atoms with Gasteiger partial charge in [-0.25, -0.2) is 8.42 Å². The summed E-state index contributed by atoms with van der Waals surface area (Å²) < 4.78 is 22.4. The van der Waals surface area contributed by atoms with E-state index in [4.69, 9.17) is 10.0 Å². The van der Waals surface area contributed by atoms with E-state index in [9.17, 15) is 8.42 Å². The lowest BCUT2D eigenvalue weighted by molar-refractivity contribution is 0.351. The van der Waals surface area contributed by atoms with E-state index < -0.39 is 17.0 Å². The van der Waals surface area contributed by atoms with Crippen molar-refractivity contribution in [2.45, 2.75) is 36.8 Å². The first-order valence-corrected chi connectivity index (χ1v) is 6.41. The normalized spacial score (nSPS) is 30.1. The first-order chi connectivity index (χ1) is 5.91. The molecule has 1 aliphatic rings. The fourth-order valence-corrected chi connectivity index (χ4v) is 3.03. The summed E-state index contributed by atoms with van der Waals surface area (Å²) in [7, 11) is -4.39. The molecule has 0 aromatic heterocycles. The summed E-state index contributed by atoms with van der Waals surface area (Å²) in [4.78, 5) is 0. The van der Waals surface area contributed by atoms with Gasteiger partial charge in [-0.1, -0.05) is 12.8 Å². The minimum Gasteiger partial charge on any atom is -0.427 e. The molecule has 4 nitrogen and oxygen atoms in total. The highest BCUT2D eigenvalue weighted by atomic mass is 32.2. The van der Waals surface area contributed by atoms with E-state index >= 15 is 0 Å². The smallest absolute Gasteiger partial charge is 0.427 e. The van der Waals surface area contributed by atoms with Crippen LogP contribution in [-0.4, -0.2) is 37.1 Å². The molecule has 1 rings (SSSR count). The van der Waals surface area contributed by atoms with Crippen molar-refractivity contribution < 1.29 is 18.5 Å². The zero-order chi connectivity index (χ0) is 10.1. The second-order valence-electron chi connectivity index (χ2n) is 3.79. The second kappa shape index (κ2) is 3.98. The van der Waals surface area contributed by atoms with Crippen LogP contribution >= 0.6 is 0 Å². The topological polar surface area (TPSA) is 74.6 Å². The molecule has 0 heterocycles. The summed E-state index contributed by atoms with van der Waals surface area (Å²) >= 11 is 0. The monoisotopic (exact) mass is 206 g/mol. The molecule has 0 radical (unpaired) electrons. The molecule has 0 saturated heterocycles. The highest BCUT2D eigenvalue weighted by Crippen LogP contribution is 2.33. The third-order valence-corrected chi connectivity index (χ3v) is 4.33. The van der Waals surface area contributed by atoms with Crippen LogP contribution in [0, 0.1) is 0 Å². The molecule has 6 heteroatoms. The van der Waals surface area contributed by atoms with Gasteiger partial charge in [0, 0.05) is 6.26 Å². The highest BCUT2D eigenvalue weighted by molar-refractivity contribution is 7.91. The fourth-order valence-electron chi connectivity index (χ4n) is 1.84. The lowest BCUT2D eigenvalue weighted by Gasteiger charge is -2.27. The van der Waals surface area contributed by atoms with Crippen LogP contribution in [0.15, 0.2) is 0 Å². The fraction of sp³-hybridized carbons (Fsp3) is 1.00. The molecular formula is C7H15BO4S. The van der Waals surface area contributed by atoms with Crippen molar-refractivity contribution in [1.29, 1.82) is 0 Å². The van der Waals surface area contributed by atoms with Crippen LogP contribution in [0.3, 0.4) is 0 Å². The minimum atomic E-state index is -3.01. The molecule has 2 atom stereocenters. The lowest BCUT2D eigenvalue weighted by atomic mass is 9.65. The van der Waals surface area contributed by atoms with Gasteiger partial charge in [-0.15, -0.1) is 0 Å². The molecule has 0 aromatic carbocycles. The van der Waals surface area contributed by atoms with E-state index in [-0.39, 0.29) is 11.1 Å². The standard InChI is InChI=1S/C7H15BO4S/c1-13(11,12)7-4-2-3-6(5-7)8(9)10/h6-7,9-10H,2-5H2,1H3. The van der Waals surface area contributed by atoms with Gasteiger partial charge >= 0.3 is 7.12 Å². The minimum absolute atomic E-state index is 0.270. The molecule has 0 aliphatic heterocycles. The quantitative estimate of drug-likeness (QED) is 0.614. The SMILES string of the molecule is CS(=O)(=O)C1CCCC(B(O)O)C1. The summed E-state index contributed by atoms with van der Waals surface area (Å²) in [5, 5.41) is 17.5. The molecule has 13 heavy (non-hydrogen) atoms. The highest BCUT2D eigenvalue weighted by Gasteiger charge is 2.34. The van der Waals surface area contributed by atoms with Gasteiger partial charge in [-0.2, -0.15) is 0 Å². The van der Waals surface area contributed by atoms with Crippen molar-refractivity contribution >= 4 is 17.0 Å². The Labute approximate surface area is 79.0 Å².